The zero-order valence-corrected chi connectivity index (χ0v) is 19.5. The molecule has 1 aromatic heterocycles. The molecule has 1 fully saturated rings. The molecule has 1 aliphatic heterocycles. The number of carbonyl (C=O) groups excluding carboxylic acids is 1. The molecule has 172 valence electrons. The minimum Gasteiger partial charge on any atom is -0.336 e. The van der Waals surface area contributed by atoms with E-state index < -0.39 is 10.0 Å². The van der Waals surface area contributed by atoms with E-state index in [-0.39, 0.29) is 37.6 Å². The Labute approximate surface area is 193 Å². The minimum atomic E-state index is -3.61. The predicted octanol–water partition coefficient (Wildman–Crippen LogP) is 2.56. The van der Waals surface area contributed by atoms with Gasteiger partial charge < -0.3 is 9.47 Å². The van der Waals surface area contributed by atoms with Gasteiger partial charge in [0.05, 0.1) is 16.0 Å². The Balaban J connectivity index is 1.35. The number of aromatic nitrogens is 1. The zero-order chi connectivity index (χ0) is 23.2. The van der Waals surface area contributed by atoms with Crippen molar-refractivity contribution in [2.45, 2.75) is 30.6 Å². The van der Waals surface area contributed by atoms with Gasteiger partial charge in [0.1, 0.15) is 0 Å². The highest BCUT2D eigenvalue weighted by atomic mass is 32.2. The number of benzene rings is 2. The molecule has 5 rings (SSSR count). The number of piperazine rings is 1. The van der Waals surface area contributed by atoms with Crippen LogP contribution in [0, 0.1) is 0 Å². The summed E-state index contributed by atoms with van der Waals surface area (Å²) in [7, 11) is -1.93. The molecule has 1 aliphatic carbocycles. The van der Waals surface area contributed by atoms with Crippen LogP contribution in [0.1, 0.15) is 34.3 Å². The molecule has 33 heavy (non-hydrogen) atoms. The number of amides is 1. The van der Waals surface area contributed by atoms with Crippen LogP contribution in [0.4, 0.5) is 0 Å². The Morgan fingerprint density at radius 1 is 0.879 bits per heavy atom. The molecule has 8 heteroatoms. The van der Waals surface area contributed by atoms with Crippen molar-refractivity contribution < 1.29 is 13.2 Å². The first-order valence-corrected chi connectivity index (χ1v) is 12.8. The Bertz CT molecular complexity index is 1400. The van der Waals surface area contributed by atoms with Crippen LogP contribution in [0.15, 0.2) is 58.2 Å². The molecule has 2 aliphatic rings. The summed E-state index contributed by atoms with van der Waals surface area (Å²) in [6.45, 7) is 1.03. The van der Waals surface area contributed by atoms with Crippen molar-refractivity contribution in [3.8, 4) is 0 Å². The molecule has 2 aromatic carbocycles. The quantitative estimate of drug-likeness (QED) is 0.596. The van der Waals surface area contributed by atoms with Gasteiger partial charge in [0.25, 0.3) is 11.5 Å². The van der Waals surface area contributed by atoms with E-state index in [1.807, 2.05) is 36.4 Å². The Morgan fingerprint density at radius 3 is 2.33 bits per heavy atom. The highest BCUT2D eigenvalue weighted by molar-refractivity contribution is 7.89. The van der Waals surface area contributed by atoms with Gasteiger partial charge in [-0.2, -0.15) is 4.31 Å². The van der Waals surface area contributed by atoms with Crippen molar-refractivity contribution in [1.29, 1.82) is 0 Å². The summed E-state index contributed by atoms with van der Waals surface area (Å²) in [5.74, 6) is -0.241. The zero-order valence-electron chi connectivity index (χ0n) is 18.7. The molecule has 0 atom stereocenters. The van der Waals surface area contributed by atoms with Gasteiger partial charge in [-0.25, -0.2) is 8.42 Å². The third kappa shape index (κ3) is 3.87. The van der Waals surface area contributed by atoms with E-state index in [0.29, 0.717) is 21.4 Å². The summed E-state index contributed by atoms with van der Waals surface area (Å²) in [5, 5.41) is 0.716. The first-order valence-electron chi connectivity index (χ1n) is 11.4. The molecule has 0 spiro atoms. The van der Waals surface area contributed by atoms with E-state index in [1.165, 1.54) is 20.5 Å². The van der Waals surface area contributed by atoms with E-state index in [0.717, 1.165) is 31.2 Å². The number of hydrogen-bond acceptors (Lipinski definition) is 4. The van der Waals surface area contributed by atoms with Crippen LogP contribution in [0.5, 0.6) is 0 Å². The van der Waals surface area contributed by atoms with Crippen LogP contribution in [0.3, 0.4) is 0 Å². The number of nitrogens with zero attached hydrogens (tertiary/aromatic N) is 3. The molecule has 0 bridgehead atoms. The van der Waals surface area contributed by atoms with Crippen LogP contribution < -0.4 is 5.56 Å². The first-order chi connectivity index (χ1) is 15.9. The van der Waals surface area contributed by atoms with Crippen molar-refractivity contribution in [3.63, 3.8) is 0 Å². The van der Waals surface area contributed by atoms with E-state index in [4.69, 9.17) is 0 Å². The average Bonchev–Trinajstić information content (AvgIpc) is 2.85. The van der Waals surface area contributed by atoms with Crippen LogP contribution >= 0.6 is 0 Å². The smallest absolute Gasteiger partial charge is 0.254 e. The van der Waals surface area contributed by atoms with Crippen molar-refractivity contribution in [2.24, 2.45) is 7.05 Å². The molecular formula is C25H27N3O4S. The molecule has 1 saturated heterocycles. The lowest BCUT2D eigenvalue weighted by Crippen LogP contribution is -2.50. The Kier molecular flexibility index (Phi) is 5.58. The Morgan fingerprint density at radius 2 is 1.58 bits per heavy atom. The SMILES string of the molecule is Cn1c(=O)cc(C(=O)N2CCN(S(=O)(=O)c3ccc4c(c3)CCCC4)CC2)c2ccccc21. The molecule has 3 aromatic rings. The fourth-order valence-corrected chi connectivity index (χ4v) is 6.38. The van der Waals surface area contributed by atoms with Crippen molar-refractivity contribution in [2.75, 3.05) is 26.2 Å². The molecule has 0 saturated carbocycles. The lowest BCUT2D eigenvalue weighted by Gasteiger charge is -2.34. The van der Waals surface area contributed by atoms with Crippen molar-refractivity contribution >= 4 is 26.8 Å². The summed E-state index contributed by atoms with van der Waals surface area (Å²) in [4.78, 5) is 27.6. The summed E-state index contributed by atoms with van der Waals surface area (Å²) in [6.07, 6.45) is 4.17. The van der Waals surface area contributed by atoms with Crippen LogP contribution in [0.2, 0.25) is 0 Å². The third-order valence-corrected chi connectivity index (χ3v) is 8.76. The van der Waals surface area contributed by atoms with Gasteiger partial charge >= 0.3 is 0 Å². The van der Waals surface area contributed by atoms with Crippen LogP contribution in [0.25, 0.3) is 10.9 Å². The first kappa shape index (κ1) is 21.9. The second kappa shape index (κ2) is 8.43. The lowest BCUT2D eigenvalue weighted by molar-refractivity contribution is 0.0699. The highest BCUT2D eigenvalue weighted by Gasteiger charge is 2.31. The second-order valence-electron chi connectivity index (χ2n) is 8.81. The highest BCUT2D eigenvalue weighted by Crippen LogP contribution is 2.26. The molecule has 0 N–H and O–H groups in total. The lowest BCUT2D eigenvalue weighted by atomic mass is 9.92. The largest absolute Gasteiger partial charge is 0.336 e. The van der Waals surface area contributed by atoms with Crippen LogP contribution in [-0.4, -0.2) is 54.3 Å². The number of hydrogen-bond donors (Lipinski definition) is 0. The average molecular weight is 466 g/mol. The van der Waals surface area contributed by atoms with Gasteiger partial charge in [0, 0.05) is 44.7 Å². The maximum atomic E-state index is 13.3. The number of pyridine rings is 1. The van der Waals surface area contributed by atoms with Gasteiger partial charge in [0.2, 0.25) is 10.0 Å². The minimum absolute atomic E-state index is 0.230. The van der Waals surface area contributed by atoms with Crippen LogP contribution in [-0.2, 0) is 29.9 Å². The normalized spacial score (nSPS) is 17.2. The molecule has 7 nitrogen and oxygen atoms in total. The van der Waals surface area contributed by atoms with Gasteiger partial charge in [-0.1, -0.05) is 24.3 Å². The van der Waals surface area contributed by atoms with Gasteiger partial charge in [-0.15, -0.1) is 0 Å². The third-order valence-electron chi connectivity index (χ3n) is 6.87. The monoisotopic (exact) mass is 465 g/mol. The fourth-order valence-electron chi connectivity index (χ4n) is 4.91. The fraction of sp³-hybridized carbons (Fsp3) is 0.360. The molecule has 0 radical (unpaired) electrons. The van der Waals surface area contributed by atoms with E-state index in [2.05, 4.69) is 0 Å². The van der Waals surface area contributed by atoms with E-state index >= 15 is 0 Å². The molecule has 2 heterocycles. The number of carbonyl (C=O) groups is 1. The van der Waals surface area contributed by atoms with E-state index in [1.54, 1.807) is 18.0 Å². The van der Waals surface area contributed by atoms with Gasteiger partial charge in [0.15, 0.2) is 0 Å². The molecule has 0 unspecified atom stereocenters. The number of sulfonamides is 1. The number of para-hydroxylation sites is 1. The topological polar surface area (TPSA) is 79.7 Å². The maximum Gasteiger partial charge on any atom is 0.254 e. The summed E-state index contributed by atoms with van der Waals surface area (Å²) < 4.78 is 29.5. The van der Waals surface area contributed by atoms with Crippen molar-refractivity contribution in [1.82, 2.24) is 13.8 Å². The summed E-state index contributed by atoms with van der Waals surface area (Å²) >= 11 is 0. The summed E-state index contributed by atoms with van der Waals surface area (Å²) in [5.41, 5.74) is 3.19. The molecule has 1 amide bonds. The summed E-state index contributed by atoms with van der Waals surface area (Å²) in [6, 6.07) is 14.2. The Hall–Kier alpha value is -2.97. The molecular weight excluding hydrogens is 438 g/mol. The standard InChI is InChI=1S/C25H27N3O4S/c1-26-23-9-5-4-8-21(23)22(17-24(26)29)25(30)27-12-14-28(15-13-27)33(31,32)20-11-10-18-6-2-3-7-19(18)16-20/h4-5,8-11,16-17H,2-3,6-7,12-15H2,1H3. The number of aryl methyl sites for hydroxylation is 3. The van der Waals surface area contributed by atoms with Crippen molar-refractivity contribution in [3.05, 3.63) is 75.6 Å². The maximum absolute atomic E-state index is 13.3. The number of fused-ring (bicyclic) bond motifs is 2. The van der Waals surface area contributed by atoms with Gasteiger partial charge in [-0.05, 0) is 55.0 Å². The van der Waals surface area contributed by atoms with Gasteiger partial charge in [-0.3, -0.25) is 9.59 Å². The van der Waals surface area contributed by atoms with E-state index in [9.17, 15) is 18.0 Å². The second-order valence-corrected chi connectivity index (χ2v) is 10.7. The predicted molar refractivity (Wildman–Crippen MR) is 127 cm³/mol. The number of rotatable bonds is 3.